The van der Waals surface area contributed by atoms with Gasteiger partial charge in [0.15, 0.2) is 0 Å². The van der Waals surface area contributed by atoms with Crippen LogP contribution in [0.15, 0.2) is 0 Å². The first-order valence-corrected chi connectivity index (χ1v) is 5.32. The van der Waals surface area contributed by atoms with Gasteiger partial charge in [-0.1, -0.05) is 19.1 Å². The molecule has 0 bridgehead atoms. The number of nitrogens with zero attached hydrogens (tertiary/aromatic N) is 3. The fraction of sp³-hybridized carbons (Fsp3) is 0.800. The van der Waals surface area contributed by atoms with Crippen molar-refractivity contribution >= 4 is 0 Å². The molecule has 0 atom stereocenters. The third-order valence-electron chi connectivity index (χ3n) is 2.20. The minimum absolute atomic E-state index is 0.0683. The van der Waals surface area contributed by atoms with Crippen molar-refractivity contribution in [1.82, 2.24) is 15.0 Å². The summed E-state index contributed by atoms with van der Waals surface area (Å²) in [6.45, 7) is 4.97. The Kier molecular flexibility index (Phi) is 4.71. The van der Waals surface area contributed by atoms with Crippen LogP contribution in [0.5, 0.6) is 0 Å². The minimum atomic E-state index is -0.0683. The van der Waals surface area contributed by atoms with E-state index in [1.807, 2.05) is 0 Å². The zero-order valence-corrected chi connectivity index (χ0v) is 9.35. The SMILES string of the molecule is CC(C)Cc1c(CO)nnn1CCCO. The van der Waals surface area contributed by atoms with E-state index >= 15 is 0 Å². The molecule has 5 nitrogen and oxygen atoms in total. The molecule has 15 heavy (non-hydrogen) atoms. The van der Waals surface area contributed by atoms with Crippen molar-refractivity contribution in [3.05, 3.63) is 11.4 Å². The molecule has 1 aromatic heterocycles. The molecule has 1 heterocycles. The molecule has 0 aliphatic rings. The van der Waals surface area contributed by atoms with Crippen LogP contribution in [0.1, 0.15) is 31.7 Å². The Morgan fingerprint density at radius 1 is 1.33 bits per heavy atom. The second-order valence-electron chi connectivity index (χ2n) is 4.04. The van der Waals surface area contributed by atoms with Gasteiger partial charge in [-0.3, -0.25) is 0 Å². The van der Waals surface area contributed by atoms with Gasteiger partial charge in [0, 0.05) is 13.2 Å². The lowest BCUT2D eigenvalue weighted by Gasteiger charge is -2.08. The van der Waals surface area contributed by atoms with Crippen LogP contribution in [0.25, 0.3) is 0 Å². The number of aliphatic hydroxyl groups is 2. The number of rotatable bonds is 6. The highest BCUT2D eigenvalue weighted by atomic mass is 16.3. The van der Waals surface area contributed by atoms with Gasteiger partial charge in [-0.15, -0.1) is 5.10 Å². The largest absolute Gasteiger partial charge is 0.396 e. The molecule has 1 rings (SSSR count). The lowest BCUT2D eigenvalue weighted by molar-refractivity contribution is 0.272. The Hall–Kier alpha value is -0.940. The van der Waals surface area contributed by atoms with Gasteiger partial charge in [0.2, 0.25) is 0 Å². The Balaban J connectivity index is 2.80. The first-order valence-electron chi connectivity index (χ1n) is 5.32. The predicted octanol–water partition coefficient (Wildman–Crippen LogP) is 0.351. The van der Waals surface area contributed by atoms with Gasteiger partial charge in [0.25, 0.3) is 0 Å². The van der Waals surface area contributed by atoms with Crippen molar-refractivity contribution in [3.8, 4) is 0 Å². The van der Waals surface area contributed by atoms with Crippen molar-refractivity contribution in [2.45, 2.75) is 39.8 Å². The van der Waals surface area contributed by atoms with E-state index in [1.165, 1.54) is 0 Å². The van der Waals surface area contributed by atoms with Gasteiger partial charge < -0.3 is 10.2 Å². The maximum atomic E-state index is 9.10. The zero-order valence-electron chi connectivity index (χ0n) is 9.35. The fourth-order valence-electron chi connectivity index (χ4n) is 1.50. The van der Waals surface area contributed by atoms with Crippen molar-refractivity contribution < 1.29 is 10.2 Å². The first kappa shape index (κ1) is 12.1. The molecular weight excluding hydrogens is 194 g/mol. The van der Waals surface area contributed by atoms with Crippen LogP contribution < -0.4 is 0 Å². The second-order valence-corrected chi connectivity index (χ2v) is 4.04. The van der Waals surface area contributed by atoms with Gasteiger partial charge in [0.1, 0.15) is 5.69 Å². The smallest absolute Gasteiger partial charge is 0.111 e. The lowest BCUT2D eigenvalue weighted by atomic mass is 10.1. The van der Waals surface area contributed by atoms with E-state index in [1.54, 1.807) is 4.68 Å². The summed E-state index contributed by atoms with van der Waals surface area (Å²) in [4.78, 5) is 0. The normalized spacial score (nSPS) is 11.3. The number of aromatic nitrogens is 3. The molecule has 0 fully saturated rings. The van der Waals surface area contributed by atoms with E-state index in [9.17, 15) is 0 Å². The third-order valence-corrected chi connectivity index (χ3v) is 2.20. The second kappa shape index (κ2) is 5.82. The monoisotopic (exact) mass is 213 g/mol. The average Bonchev–Trinajstić information content (AvgIpc) is 2.57. The van der Waals surface area contributed by atoms with E-state index in [-0.39, 0.29) is 13.2 Å². The third kappa shape index (κ3) is 3.28. The molecule has 0 amide bonds. The summed E-state index contributed by atoms with van der Waals surface area (Å²) in [5, 5.41) is 25.8. The molecule has 0 spiro atoms. The van der Waals surface area contributed by atoms with Crippen LogP contribution >= 0.6 is 0 Å². The summed E-state index contributed by atoms with van der Waals surface area (Å²) >= 11 is 0. The van der Waals surface area contributed by atoms with Crippen molar-refractivity contribution in [1.29, 1.82) is 0 Å². The quantitative estimate of drug-likeness (QED) is 0.715. The molecule has 1 aromatic rings. The molecule has 0 aromatic carbocycles. The summed E-state index contributed by atoms with van der Waals surface area (Å²) in [6.07, 6.45) is 1.52. The molecule has 86 valence electrons. The highest BCUT2D eigenvalue weighted by molar-refractivity contribution is 5.09. The summed E-state index contributed by atoms with van der Waals surface area (Å²) in [5.74, 6) is 0.502. The Bertz CT molecular complexity index is 297. The highest BCUT2D eigenvalue weighted by Crippen LogP contribution is 2.12. The average molecular weight is 213 g/mol. The van der Waals surface area contributed by atoms with Gasteiger partial charge in [-0.2, -0.15) is 0 Å². The van der Waals surface area contributed by atoms with Crippen LogP contribution in [0.4, 0.5) is 0 Å². The standard InChI is InChI=1S/C10H19N3O2/c1-8(2)6-10-9(7-15)11-12-13(10)4-3-5-14/h8,14-15H,3-7H2,1-2H3. The molecule has 0 aliphatic carbocycles. The Morgan fingerprint density at radius 3 is 2.60 bits per heavy atom. The molecule has 5 heteroatoms. The van der Waals surface area contributed by atoms with Crippen LogP contribution in [0.3, 0.4) is 0 Å². The van der Waals surface area contributed by atoms with Gasteiger partial charge in [-0.05, 0) is 18.8 Å². The number of hydrogen-bond acceptors (Lipinski definition) is 4. The Labute approximate surface area is 89.7 Å². The number of aryl methyl sites for hydroxylation is 1. The Morgan fingerprint density at radius 2 is 2.07 bits per heavy atom. The topological polar surface area (TPSA) is 71.2 Å². The molecule has 2 N–H and O–H groups in total. The van der Waals surface area contributed by atoms with Gasteiger partial charge in [-0.25, -0.2) is 4.68 Å². The van der Waals surface area contributed by atoms with E-state index < -0.39 is 0 Å². The molecule has 0 radical (unpaired) electrons. The highest BCUT2D eigenvalue weighted by Gasteiger charge is 2.12. The first-order chi connectivity index (χ1) is 7.19. The lowest BCUT2D eigenvalue weighted by Crippen LogP contribution is -2.10. The number of hydrogen-bond donors (Lipinski definition) is 2. The predicted molar refractivity (Wildman–Crippen MR) is 56.2 cm³/mol. The molecule has 0 saturated heterocycles. The van der Waals surface area contributed by atoms with Crippen LogP contribution in [0.2, 0.25) is 0 Å². The summed E-state index contributed by atoms with van der Waals surface area (Å²) in [6, 6.07) is 0. The number of aliphatic hydroxyl groups excluding tert-OH is 2. The fourth-order valence-corrected chi connectivity index (χ4v) is 1.50. The van der Waals surface area contributed by atoms with Crippen molar-refractivity contribution in [2.24, 2.45) is 5.92 Å². The van der Waals surface area contributed by atoms with Gasteiger partial charge in [0.05, 0.1) is 12.3 Å². The molecule has 0 unspecified atom stereocenters. The van der Waals surface area contributed by atoms with E-state index in [0.29, 0.717) is 24.6 Å². The molecule has 0 aliphatic heterocycles. The molecular formula is C10H19N3O2. The van der Waals surface area contributed by atoms with Crippen LogP contribution in [-0.4, -0.2) is 31.8 Å². The van der Waals surface area contributed by atoms with E-state index in [4.69, 9.17) is 10.2 Å². The van der Waals surface area contributed by atoms with Gasteiger partial charge >= 0.3 is 0 Å². The molecule has 0 saturated carbocycles. The van der Waals surface area contributed by atoms with Crippen LogP contribution in [0, 0.1) is 5.92 Å². The van der Waals surface area contributed by atoms with E-state index in [0.717, 1.165) is 12.1 Å². The zero-order chi connectivity index (χ0) is 11.3. The van der Waals surface area contributed by atoms with Crippen molar-refractivity contribution in [3.63, 3.8) is 0 Å². The van der Waals surface area contributed by atoms with Crippen molar-refractivity contribution in [2.75, 3.05) is 6.61 Å². The van der Waals surface area contributed by atoms with E-state index in [2.05, 4.69) is 24.2 Å². The summed E-state index contributed by atoms with van der Waals surface area (Å²) in [7, 11) is 0. The summed E-state index contributed by atoms with van der Waals surface area (Å²) < 4.78 is 1.78. The minimum Gasteiger partial charge on any atom is -0.396 e. The summed E-state index contributed by atoms with van der Waals surface area (Å²) in [5.41, 5.74) is 1.64. The maximum absolute atomic E-state index is 9.10. The van der Waals surface area contributed by atoms with Crippen LogP contribution in [-0.2, 0) is 19.6 Å². The maximum Gasteiger partial charge on any atom is 0.111 e.